The number of ether oxygens (including phenoxy) is 2. The predicted octanol–water partition coefficient (Wildman–Crippen LogP) is 4.56. The number of amides is 1. The first-order valence-corrected chi connectivity index (χ1v) is 9.30. The standard InChI is InChI=1S/C22H22N2O5/c1-3-4-13-28-22(26)16-5-9-17(10-6-16)23-21(25)19-14-20(29-24-19)15-7-11-18(27-2)12-8-15/h5-12,14H,3-4,13H2,1-2H3,(H,23,25). The molecule has 1 heterocycles. The number of nitrogens with zero attached hydrogens (tertiary/aromatic N) is 1. The fourth-order valence-electron chi connectivity index (χ4n) is 2.55. The quantitative estimate of drug-likeness (QED) is 0.445. The van der Waals surface area contributed by atoms with Crippen LogP contribution in [0.2, 0.25) is 0 Å². The van der Waals surface area contributed by atoms with Crippen LogP contribution in [0.25, 0.3) is 11.3 Å². The second-order valence-corrected chi connectivity index (χ2v) is 6.33. The summed E-state index contributed by atoms with van der Waals surface area (Å²) in [7, 11) is 1.59. The zero-order valence-corrected chi connectivity index (χ0v) is 16.3. The molecular weight excluding hydrogens is 372 g/mol. The van der Waals surface area contributed by atoms with E-state index in [0.717, 1.165) is 24.2 Å². The van der Waals surface area contributed by atoms with E-state index >= 15 is 0 Å². The summed E-state index contributed by atoms with van der Waals surface area (Å²) in [4.78, 5) is 24.3. The molecule has 1 amide bonds. The minimum Gasteiger partial charge on any atom is -0.497 e. The number of carbonyl (C=O) groups excluding carboxylic acids is 2. The Kier molecular flexibility index (Phi) is 6.63. The zero-order valence-electron chi connectivity index (χ0n) is 16.3. The van der Waals surface area contributed by atoms with Gasteiger partial charge in [0, 0.05) is 17.3 Å². The Bertz CT molecular complexity index is 962. The highest BCUT2D eigenvalue weighted by atomic mass is 16.5. The number of benzene rings is 2. The molecule has 0 aliphatic heterocycles. The molecule has 0 atom stereocenters. The number of carbonyl (C=O) groups is 2. The number of rotatable bonds is 8. The number of esters is 1. The van der Waals surface area contributed by atoms with E-state index in [1.807, 2.05) is 19.1 Å². The van der Waals surface area contributed by atoms with Crippen LogP contribution in [0, 0.1) is 0 Å². The van der Waals surface area contributed by atoms with E-state index in [2.05, 4.69) is 10.5 Å². The maximum atomic E-state index is 12.4. The van der Waals surface area contributed by atoms with Crippen LogP contribution >= 0.6 is 0 Å². The number of unbranched alkanes of at least 4 members (excludes halogenated alkanes) is 1. The van der Waals surface area contributed by atoms with Gasteiger partial charge in [-0.3, -0.25) is 4.79 Å². The second-order valence-electron chi connectivity index (χ2n) is 6.33. The first-order valence-electron chi connectivity index (χ1n) is 9.30. The van der Waals surface area contributed by atoms with Gasteiger partial charge in [-0.15, -0.1) is 0 Å². The third-order valence-electron chi connectivity index (χ3n) is 4.23. The Balaban J connectivity index is 1.61. The first-order chi connectivity index (χ1) is 14.1. The molecule has 0 bridgehead atoms. The Hall–Kier alpha value is -3.61. The summed E-state index contributed by atoms with van der Waals surface area (Å²) in [6.07, 6.45) is 1.79. The summed E-state index contributed by atoms with van der Waals surface area (Å²) in [6, 6.07) is 15.3. The molecule has 29 heavy (non-hydrogen) atoms. The van der Waals surface area contributed by atoms with Crippen molar-refractivity contribution in [3.05, 3.63) is 65.9 Å². The number of hydrogen-bond acceptors (Lipinski definition) is 6. The number of nitrogens with one attached hydrogen (secondary N) is 1. The van der Waals surface area contributed by atoms with Crippen molar-refractivity contribution in [1.82, 2.24) is 5.16 Å². The molecule has 0 saturated heterocycles. The van der Waals surface area contributed by atoms with Crippen LogP contribution in [0.4, 0.5) is 5.69 Å². The van der Waals surface area contributed by atoms with Gasteiger partial charge in [0.2, 0.25) is 0 Å². The molecule has 0 aliphatic rings. The largest absolute Gasteiger partial charge is 0.497 e. The van der Waals surface area contributed by atoms with Crippen LogP contribution in [0.5, 0.6) is 5.75 Å². The van der Waals surface area contributed by atoms with Crippen molar-refractivity contribution >= 4 is 17.6 Å². The third-order valence-corrected chi connectivity index (χ3v) is 4.23. The zero-order chi connectivity index (χ0) is 20.6. The molecule has 0 radical (unpaired) electrons. The van der Waals surface area contributed by atoms with Crippen molar-refractivity contribution in [2.24, 2.45) is 0 Å². The molecule has 3 rings (SSSR count). The maximum Gasteiger partial charge on any atom is 0.338 e. The highest BCUT2D eigenvalue weighted by Crippen LogP contribution is 2.23. The van der Waals surface area contributed by atoms with E-state index in [0.29, 0.717) is 23.6 Å². The number of hydrogen-bond donors (Lipinski definition) is 1. The van der Waals surface area contributed by atoms with Crippen molar-refractivity contribution in [3.63, 3.8) is 0 Å². The number of methoxy groups -OCH3 is 1. The van der Waals surface area contributed by atoms with Gasteiger partial charge in [-0.1, -0.05) is 18.5 Å². The minimum absolute atomic E-state index is 0.152. The van der Waals surface area contributed by atoms with Crippen molar-refractivity contribution in [3.8, 4) is 17.1 Å². The number of aromatic nitrogens is 1. The summed E-state index contributed by atoms with van der Waals surface area (Å²) in [6.45, 7) is 2.43. The van der Waals surface area contributed by atoms with Gasteiger partial charge in [-0.25, -0.2) is 4.79 Å². The lowest BCUT2D eigenvalue weighted by atomic mass is 10.1. The molecule has 1 aromatic heterocycles. The average molecular weight is 394 g/mol. The second kappa shape index (κ2) is 9.54. The summed E-state index contributed by atoms with van der Waals surface area (Å²) in [5.41, 5.74) is 1.90. The van der Waals surface area contributed by atoms with Crippen LogP contribution in [0.15, 0.2) is 59.1 Å². The minimum atomic E-state index is -0.410. The van der Waals surface area contributed by atoms with Gasteiger partial charge >= 0.3 is 5.97 Å². The van der Waals surface area contributed by atoms with Crippen LogP contribution in [-0.4, -0.2) is 30.7 Å². The molecule has 0 fully saturated rings. The van der Waals surface area contributed by atoms with Gasteiger partial charge in [-0.05, 0) is 55.0 Å². The molecule has 0 spiro atoms. The first kappa shape index (κ1) is 20.1. The van der Waals surface area contributed by atoms with Crippen LogP contribution in [0.3, 0.4) is 0 Å². The van der Waals surface area contributed by atoms with Crippen LogP contribution in [-0.2, 0) is 4.74 Å². The normalized spacial score (nSPS) is 10.4. The van der Waals surface area contributed by atoms with Crippen molar-refractivity contribution in [2.75, 3.05) is 19.0 Å². The molecular formula is C22H22N2O5. The van der Waals surface area contributed by atoms with Gasteiger partial charge in [0.15, 0.2) is 11.5 Å². The fraction of sp³-hybridized carbons (Fsp3) is 0.227. The monoisotopic (exact) mass is 394 g/mol. The molecule has 3 aromatic rings. The smallest absolute Gasteiger partial charge is 0.338 e. The topological polar surface area (TPSA) is 90.7 Å². The molecule has 1 N–H and O–H groups in total. The maximum absolute atomic E-state index is 12.4. The van der Waals surface area contributed by atoms with Gasteiger partial charge in [-0.2, -0.15) is 0 Å². The average Bonchev–Trinajstić information content (AvgIpc) is 3.25. The van der Waals surface area contributed by atoms with E-state index in [9.17, 15) is 9.59 Å². The van der Waals surface area contributed by atoms with E-state index < -0.39 is 5.91 Å². The summed E-state index contributed by atoms with van der Waals surface area (Å²) < 4.78 is 15.6. The van der Waals surface area contributed by atoms with E-state index in [1.54, 1.807) is 49.6 Å². The van der Waals surface area contributed by atoms with E-state index in [4.69, 9.17) is 14.0 Å². The summed E-state index contributed by atoms with van der Waals surface area (Å²) in [5, 5.41) is 6.55. The van der Waals surface area contributed by atoms with Gasteiger partial charge < -0.3 is 19.3 Å². The lowest BCUT2D eigenvalue weighted by Gasteiger charge is -2.06. The molecule has 0 aliphatic carbocycles. The van der Waals surface area contributed by atoms with Gasteiger partial charge in [0.1, 0.15) is 5.75 Å². The predicted molar refractivity (Wildman–Crippen MR) is 108 cm³/mol. The van der Waals surface area contributed by atoms with Crippen molar-refractivity contribution in [1.29, 1.82) is 0 Å². The summed E-state index contributed by atoms with van der Waals surface area (Å²) in [5.74, 6) is 0.413. The Morgan fingerprint density at radius 2 is 1.79 bits per heavy atom. The molecule has 150 valence electrons. The molecule has 0 saturated carbocycles. The molecule has 7 heteroatoms. The van der Waals surface area contributed by atoms with E-state index in [1.165, 1.54) is 0 Å². The molecule has 0 unspecified atom stereocenters. The highest BCUT2D eigenvalue weighted by Gasteiger charge is 2.15. The molecule has 2 aromatic carbocycles. The van der Waals surface area contributed by atoms with Crippen molar-refractivity contribution in [2.45, 2.75) is 19.8 Å². The Labute approximate surface area is 168 Å². The summed E-state index contributed by atoms with van der Waals surface area (Å²) >= 11 is 0. The van der Waals surface area contributed by atoms with Gasteiger partial charge in [0.05, 0.1) is 19.3 Å². The SMILES string of the molecule is CCCCOC(=O)c1ccc(NC(=O)c2cc(-c3ccc(OC)cc3)on2)cc1. The van der Waals surface area contributed by atoms with E-state index in [-0.39, 0.29) is 11.7 Å². The van der Waals surface area contributed by atoms with Crippen LogP contribution in [0.1, 0.15) is 40.6 Å². The van der Waals surface area contributed by atoms with Gasteiger partial charge in [0.25, 0.3) is 5.91 Å². The highest BCUT2D eigenvalue weighted by molar-refractivity contribution is 6.03. The third kappa shape index (κ3) is 5.22. The van der Waals surface area contributed by atoms with Crippen molar-refractivity contribution < 1.29 is 23.6 Å². The lowest BCUT2D eigenvalue weighted by molar-refractivity contribution is 0.0499. The fourth-order valence-corrected chi connectivity index (χ4v) is 2.55. The van der Waals surface area contributed by atoms with Crippen LogP contribution < -0.4 is 10.1 Å². The Morgan fingerprint density at radius 3 is 2.45 bits per heavy atom. The number of anilines is 1. The Morgan fingerprint density at radius 1 is 1.07 bits per heavy atom. The lowest BCUT2D eigenvalue weighted by Crippen LogP contribution is -2.12. The molecule has 7 nitrogen and oxygen atoms in total.